The normalized spacial score (nSPS) is 20.0. The Morgan fingerprint density at radius 1 is 1.29 bits per heavy atom. The van der Waals surface area contributed by atoms with Crippen LogP contribution in [0, 0.1) is 19.8 Å². The number of aliphatic hydroxyl groups is 1. The van der Waals surface area contributed by atoms with Gasteiger partial charge in [0.2, 0.25) is 5.91 Å². The lowest BCUT2D eigenvalue weighted by Gasteiger charge is -2.47. The molecule has 0 unspecified atom stereocenters. The molecule has 1 N–H and O–H groups in total. The van der Waals surface area contributed by atoms with E-state index >= 15 is 0 Å². The van der Waals surface area contributed by atoms with Crippen molar-refractivity contribution >= 4 is 5.91 Å². The van der Waals surface area contributed by atoms with E-state index in [1.54, 1.807) is 4.90 Å². The van der Waals surface area contributed by atoms with Gasteiger partial charge in [-0.15, -0.1) is 0 Å². The van der Waals surface area contributed by atoms with Crippen molar-refractivity contribution in [3.63, 3.8) is 0 Å². The third-order valence-corrected chi connectivity index (χ3v) is 4.40. The third-order valence-electron chi connectivity index (χ3n) is 4.40. The number of nitrogens with zero attached hydrogens (tertiary/aromatic N) is 1. The molecule has 0 radical (unpaired) electrons. The number of hydrogen-bond acceptors (Lipinski definition) is 3. The molecule has 114 valence electrons. The smallest absolute Gasteiger partial charge is 0.226 e. The number of carbonyl (C=O) groups is 1. The maximum Gasteiger partial charge on any atom is 0.226 e. The molecule has 21 heavy (non-hydrogen) atoms. The summed E-state index contributed by atoms with van der Waals surface area (Å²) in [6, 6.07) is 6.05. The molecule has 1 amide bonds. The van der Waals surface area contributed by atoms with Crippen LogP contribution in [0.2, 0.25) is 0 Å². The number of rotatable bonds is 5. The molecule has 1 aliphatic carbocycles. The van der Waals surface area contributed by atoms with E-state index in [9.17, 15) is 9.90 Å². The molecule has 1 saturated carbocycles. The second-order valence-corrected chi connectivity index (χ2v) is 6.55. The van der Waals surface area contributed by atoms with Gasteiger partial charge in [-0.3, -0.25) is 4.79 Å². The fourth-order valence-corrected chi connectivity index (χ4v) is 3.10. The second-order valence-electron chi connectivity index (χ2n) is 6.55. The van der Waals surface area contributed by atoms with Crippen molar-refractivity contribution in [2.75, 3.05) is 19.7 Å². The van der Waals surface area contributed by atoms with Gasteiger partial charge in [-0.2, -0.15) is 0 Å². The highest BCUT2D eigenvalue weighted by atomic mass is 16.5. The molecule has 1 aromatic rings. The van der Waals surface area contributed by atoms with E-state index in [-0.39, 0.29) is 5.91 Å². The van der Waals surface area contributed by atoms with E-state index < -0.39 is 5.60 Å². The molecule has 0 atom stereocenters. The highest BCUT2D eigenvalue weighted by Crippen LogP contribution is 2.44. The molecule has 1 aliphatic heterocycles. The van der Waals surface area contributed by atoms with Crippen LogP contribution < -0.4 is 4.74 Å². The lowest BCUT2D eigenvalue weighted by atomic mass is 9.88. The number of benzene rings is 1. The lowest BCUT2D eigenvalue weighted by Crippen LogP contribution is -2.64. The van der Waals surface area contributed by atoms with Crippen LogP contribution in [-0.2, 0) is 4.79 Å². The Hall–Kier alpha value is -1.55. The van der Waals surface area contributed by atoms with Crippen LogP contribution in [0.3, 0.4) is 0 Å². The van der Waals surface area contributed by atoms with Crippen LogP contribution in [0.1, 0.15) is 30.4 Å². The average Bonchev–Trinajstić information content (AvgIpc) is 3.18. The summed E-state index contributed by atoms with van der Waals surface area (Å²) < 4.78 is 5.66. The largest absolute Gasteiger partial charge is 0.493 e. The fourth-order valence-electron chi connectivity index (χ4n) is 3.10. The topological polar surface area (TPSA) is 49.8 Å². The van der Waals surface area contributed by atoms with Gasteiger partial charge in [0.1, 0.15) is 11.4 Å². The van der Waals surface area contributed by atoms with Crippen LogP contribution >= 0.6 is 0 Å². The summed E-state index contributed by atoms with van der Waals surface area (Å²) in [5.74, 6) is 1.32. The number of ether oxygens (including phenoxy) is 1. The summed E-state index contributed by atoms with van der Waals surface area (Å²) in [5, 5.41) is 10.2. The standard InChI is InChI=1S/C17H23NO3/c1-12-7-13(2)9-15(8-12)21-6-5-16(19)18-10-17(20,11-18)14-3-4-14/h7-9,14,20H,3-6,10-11H2,1-2H3. The van der Waals surface area contributed by atoms with Crippen LogP contribution in [0.5, 0.6) is 5.75 Å². The summed E-state index contributed by atoms with van der Waals surface area (Å²) >= 11 is 0. The lowest BCUT2D eigenvalue weighted by molar-refractivity contribution is -0.159. The number of β-amino-alcohol motifs (C(OH)–C–C–N with tert-alkyl or cyclic N) is 1. The molecular formula is C17H23NO3. The van der Waals surface area contributed by atoms with Crippen LogP contribution in [0.15, 0.2) is 18.2 Å². The van der Waals surface area contributed by atoms with E-state index in [0.29, 0.717) is 32.0 Å². The van der Waals surface area contributed by atoms with E-state index in [4.69, 9.17) is 4.74 Å². The van der Waals surface area contributed by atoms with Crippen molar-refractivity contribution < 1.29 is 14.6 Å². The van der Waals surface area contributed by atoms with Crippen LogP contribution in [-0.4, -0.2) is 41.2 Å². The predicted octanol–water partition coefficient (Wildman–Crippen LogP) is 2.06. The maximum atomic E-state index is 12.0. The van der Waals surface area contributed by atoms with E-state index in [1.807, 2.05) is 26.0 Å². The zero-order valence-corrected chi connectivity index (χ0v) is 12.8. The van der Waals surface area contributed by atoms with Crippen molar-refractivity contribution in [1.82, 2.24) is 4.90 Å². The number of aryl methyl sites for hydroxylation is 2. The van der Waals surface area contributed by atoms with Gasteiger partial charge in [0, 0.05) is 0 Å². The molecule has 4 nitrogen and oxygen atoms in total. The van der Waals surface area contributed by atoms with Gasteiger partial charge in [0.25, 0.3) is 0 Å². The quantitative estimate of drug-likeness (QED) is 0.902. The Balaban J connectivity index is 1.42. The Labute approximate surface area is 125 Å². The first-order valence-corrected chi connectivity index (χ1v) is 7.67. The number of carbonyl (C=O) groups excluding carboxylic acids is 1. The minimum Gasteiger partial charge on any atom is -0.493 e. The number of hydrogen-bond donors (Lipinski definition) is 1. The van der Waals surface area contributed by atoms with Crippen LogP contribution in [0.25, 0.3) is 0 Å². The van der Waals surface area contributed by atoms with Crippen molar-refractivity contribution in [3.8, 4) is 5.75 Å². The first-order chi connectivity index (χ1) is 9.96. The van der Waals surface area contributed by atoms with E-state index in [0.717, 1.165) is 29.7 Å². The molecule has 1 saturated heterocycles. The number of likely N-dealkylation sites (tertiary alicyclic amines) is 1. The molecule has 1 heterocycles. The molecule has 2 fully saturated rings. The zero-order valence-electron chi connectivity index (χ0n) is 12.8. The Bertz CT molecular complexity index is 525. The zero-order chi connectivity index (χ0) is 15.0. The summed E-state index contributed by atoms with van der Waals surface area (Å²) in [5.41, 5.74) is 1.73. The Kier molecular flexibility index (Phi) is 3.66. The molecule has 0 aromatic heterocycles. The Morgan fingerprint density at radius 3 is 2.48 bits per heavy atom. The van der Waals surface area contributed by atoms with Crippen molar-refractivity contribution in [2.45, 2.75) is 38.7 Å². The fraction of sp³-hybridized carbons (Fsp3) is 0.588. The maximum absolute atomic E-state index is 12.0. The van der Waals surface area contributed by atoms with Gasteiger partial charge in [0.15, 0.2) is 0 Å². The molecule has 3 rings (SSSR count). The molecule has 0 spiro atoms. The summed E-state index contributed by atoms with van der Waals surface area (Å²) in [4.78, 5) is 13.8. The molecule has 2 aliphatic rings. The first kappa shape index (κ1) is 14.4. The molecular weight excluding hydrogens is 266 g/mol. The van der Waals surface area contributed by atoms with Crippen molar-refractivity contribution in [2.24, 2.45) is 5.92 Å². The SMILES string of the molecule is Cc1cc(C)cc(OCCC(=O)N2CC(O)(C3CC3)C2)c1. The van der Waals surface area contributed by atoms with Crippen molar-refractivity contribution in [1.29, 1.82) is 0 Å². The summed E-state index contributed by atoms with van der Waals surface area (Å²) in [7, 11) is 0. The highest BCUT2D eigenvalue weighted by Gasteiger charge is 2.52. The molecule has 4 heteroatoms. The van der Waals surface area contributed by atoms with Crippen LogP contribution in [0.4, 0.5) is 0 Å². The Morgan fingerprint density at radius 2 is 1.90 bits per heavy atom. The average molecular weight is 289 g/mol. The summed E-state index contributed by atoms with van der Waals surface area (Å²) in [6.07, 6.45) is 2.58. The monoisotopic (exact) mass is 289 g/mol. The minimum absolute atomic E-state index is 0.0738. The first-order valence-electron chi connectivity index (χ1n) is 7.67. The minimum atomic E-state index is -0.593. The van der Waals surface area contributed by atoms with E-state index in [1.165, 1.54) is 0 Å². The third kappa shape index (κ3) is 3.21. The highest BCUT2D eigenvalue weighted by molar-refractivity contribution is 5.77. The van der Waals surface area contributed by atoms with Gasteiger partial charge in [-0.25, -0.2) is 0 Å². The summed E-state index contributed by atoms with van der Waals surface area (Å²) in [6.45, 7) is 5.45. The van der Waals surface area contributed by atoms with Crippen molar-refractivity contribution in [3.05, 3.63) is 29.3 Å². The number of amides is 1. The van der Waals surface area contributed by atoms with Gasteiger partial charge in [-0.1, -0.05) is 6.07 Å². The van der Waals surface area contributed by atoms with Gasteiger partial charge < -0.3 is 14.7 Å². The predicted molar refractivity (Wildman–Crippen MR) is 80.3 cm³/mol. The van der Waals surface area contributed by atoms with Gasteiger partial charge in [0.05, 0.1) is 26.1 Å². The van der Waals surface area contributed by atoms with E-state index in [2.05, 4.69) is 6.07 Å². The second kappa shape index (κ2) is 5.34. The van der Waals surface area contributed by atoms with Gasteiger partial charge >= 0.3 is 0 Å². The van der Waals surface area contributed by atoms with Gasteiger partial charge in [-0.05, 0) is 55.9 Å². The molecule has 1 aromatic carbocycles. The molecule has 0 bridgehead atoms.